The summed E-state index contributed by atoms with van der Waals surface area (Å²) in [7, 11) is 0. The highest BCUT2D eigenvalue weighted by atomic mass is 32.1. The van der Waals surface area contributed by atoms with Gasteiger partial charge in [0.05, 0.1) is 0 Å². The maximum atomic E-state index is 2.34. The summed E-state index contributed by atoms with van der Waals surface area (Å²) in [5, 5.41) is 4.27. The Hall–Kier alpha value is -3.74. The first-order valence-corrected chi connectivity index (χ1v) is 16.5. The summed E-state index contributed by atoms with van der Waals surface area (Å²) in [5.74, 6) is 0. The summed E-state index contributed by atoms with van der Waals surface area (Å²) in [6.45, 7) is 2.13. The second-order valence-corrected chi connectivity index (χ2v) is 13.6. The molecule has 40 heavy (non-hydrogen) atoms. The topological polar surface area (TPSA) is 3.24 Å². The molecule has 0 aliphatic carbocycles. The van der Waals surface area contributed by atoms with Crippen LogP contribution in [0.4, 0.5) is 17.1 Å². The van der Waals surface area contributed by atoms with Gasteiger partial charge in [-0.1, -0.05) is 54.1 Å². The van der Waals surface area contributed by atoms with E-state index in [9.17, 15) is 0 Å². The van der Waals surface area contributed by atoms with Gasteiger partial charge >= 0.3 is 0 Å². The van der Waals surface area contributed by atoms with Crippen LogP contribution in [0.5, 0.6) is 0 Å². The van der Waals surface area contributed by atoms with Crippen molar-refractivity contribution >= 4 is 62.4 Å². The molecule has 0 radical (unpaired) electrons. The number of hydrogen-bond acceptors (Lipinski definition) is 5. The molecule has 7 aromatic rings. The van der Waals surface area contributed by atoms with Crippen molar-refractivity contribution in [2.45, 2.75) is 6.92 Å². The zero-order chi connectivity index (χ0) is 26.9. The Morgan fingerprint density at radius 1 is 0.400 bits per heavy atom. The molecule has 0 fully saturated rings. The van der Waals surface area contributed by atoms with Crippen LogP contribution < -0.4 is 4.90 Å². The van der Waals surface area contributed by atoms with Crippen LogP contribution in [-0.4, -0.2) is 0 Å². The predicted octanol–water partition coefficient (Wildman–Crippen LogP) is 12.4. The quantitative estimate of drug-likeness (QED) is 0.179. The van der Waals surface area contributed by atoms with Gasteiger partial charge in [-0.25, -0.2) is 0 Å². The zero-order valence-corrected chi connectivity index (χ0v) is 25.0. The summed E-state index contributed by atoms with van der Waals surface area (Å²) in [6, 6.07) is 44.2. The van der Waals surface area contributed by atoms with Crippen molar-refractivity contribution in [1.82, 2.24) is 0 Å². The van der Waals surface area contributed by atoms with Crippen LogP contribution in [0.1, 0.15) is 5.56 Å². The molecule has 0 N–H and O–H groups in total. The minimum atomic E-state index is 1.14. The number of anilines is 3. The minimum absolute atomic E-state index is 1.14. The molecule has 0 unspecified atom stereocenters. The van der Waals surface area contributed by atoms with Gasteiger partial charge in [-0.05, 0) is 102 Å². The van der Waals surface area contributed by atoms with Crippen molar-refractivity contribution < 1.29 is 0 Å². The minimum Gasteiger partial charge on any atom is -0.311 e. The third-order valence-corrected chi connectivity index (χ3v) is 11.3. The lowest BCUT2D eigenvalue weighted by Crippen LogP contribution is -2.09. The lowest BCUT2D eigenvalue weighted by Gasteiger charge is -2.26. The number of hydrogen-bond donors (Lipinski definition) is 0. The molecular formula is C35H25NS4. The molecule has 4 heterocycles. The Balaban J connectivity index is 1.20. The molecule has 0 saturated heterocycles. The maximum absolute atomic E-state index is 2.34. The van der Waals surface area contributed by atoms with Crippen molar-refractivity contribution in [3.8, 4) is 40.4 Å². The lowest BCUT2D eigenvalue weighted by atomic mass is 10.1. The molecule has 3 aromatic carbocycles. The van der Waals surface area contributed by atoms with Gasteiger partial charge in [0, 0.05) is 46.3 Å². The molecule has 0 amide bonds. The highest BCUT2D eigenvalue weighted by Gasteiger charge is 2.14. The summed E-state index contributed by atoms with van der Waals surface area (Å²) in [5.41, 5.74) is 7.19. The van der Waals surface area contributed by atoms with Crippen molar-refractivity contribution in [1.29, 1.82) is 0 Å². The van der Waals surface area contributed by atoms with Gasteiger partial charge in [-0.2, -0.15) is 0 Å². The maximum Gasteiger partial charge on any atom is 0.0462 e. The van der Waals surface area contributed by atoms with Crippen molar-refractivity contribution in [2.24, 2.45) is 0 Å². The summed E-state index contributed by atoms with van der Waals surface area (Å²) in [4.78, 5) is 10.2. The average molecular weight is 588 g/mol. The van der Waals surface area contributed by atoms with E-state index in [-0.39, 0.29) is 0 Å². The molecule has 1 nitrogen and oxygen atoms in total. The van der Waals surface area contributed by atoms with Gasteiger partial charge in [-0.15, -0.1) is 45.3 Å². The van der Waals surface area contributed by atoms with Gasteiger partial charge in [0.2, 0.25) is 0 Å². The van der Waals surface area contributed by atoms with Crippen molar-refractivity contribution in [2.75, 3.05) is 4.90 Å². The Morgan fingerprint density at radius 2 is 0.800 bits per heavy atom. The third kappa shape index (κ3) is 5.09. The fourth-order valence-electron chi connectivity index (χ4n) is 4.78. The predicted molar refractivity (Wildman–Crippen MR) is 179 cm³/mol. The van der Waals surface area contributed by atoms with E-state index in [1.54, 1.807) is 22.7 Å². The van der Waals surface area contributed by atoms with Crippen LogP contribution in [-0.2, 0) is 0 Å². The van der Waals surface area contributed by atoms with Crippen LogP contribution in [0.15, 0.2) is 132 Å². The average Bonchev–Trinajstić information content (AvgIpc) is 3.82. The molecule has 0 atom stereocenters. The fraction of sp³-hybridized carbons (Fsp3) is 0.0286. The molecular weight excluding hydrogens is 563 g/mol. The normalized spacial score (nSPS) is 11.1. The van der Waals surface area contributed by atoms with Crippen LogP contribution in [0.2, 0.25) is 0 Å². The van der Waals surface area contributed by atoms with E-state index < -0.39 is 0 Å². The highest BCUT2D eigenvalue weighted by Crippen LogP contribution is 2.41. The van der Waals surface area contributed by atoms with E-state index in [1.165, 1.54) is 46.0 Å². The Bertz CT molecular complexity index is 1700. The molecule has 0 aliphatic heterocycles. The van der Waals surface area contributed by atoms with Crippen molar-refractivity contribution in [3.05, 3.63) is 138 Å². The second kappa shape index (κ2) is 11.0. The number of nitrogens with zero attached hydrogens (tertiary/aromatic N) is 1. The van der Waals surface area contributed by atoms with Crippen LogP contribution in [0.25, 0.3) is 40.4 Å². The molecule has 4 aromatic heterocycles. The molecule has 7 rings (SSSR count). The molecule has 0 bridgehead atoms. The Morgan fingerprint density at radius 3 is 1.20 bits per heavy atom. The number of rotatable bonds is 7. The van der Waals surface area contributed by atoms with Crippen LogP contribution in [0, 0.1) is 6.92 Å². The smallest absolute Gasteiger partial charge is 0.0462 e. The van der Waals surface area contributed by atoms with Crippen LogP contribution >= 0.6 is 45.3 Å². The number of thiophene rings is 4. The summed E-state index contributed by atoms with van der Waals surface area (Å²) in [6.07, 6.45) is 0. The standard InChI is InChI=1S/C35H25NS4/c1-24-6-12-27(13-7-24)36(28-14-8-25(9-15-28)30-18-20-34(39-30)32-4-2-22-37-32)29-16-10-26(11-17-29)31-19-21-35(40-31)33-5-3-23-38-33/h2-23H,1H3. The van der Waals surface area contributed by atoms with Gasteiger partial charge < -0.3 is 4.90 Å². The van der Waals surface area contributed by atoms with Crippen molar-refractivity contribution in [3.63, 3.8) is 0 Å². The second-order valence-electron chi connectivity index (χ2n) is 9.55. The van der Waals surface area contributed by atoms with E-state index in [0.29, 0.717) is 0 Å². The SMILES string of the molecule is Cc1ccc(N(c2ccc(-c3ccc(-c4cccs4)s3)cc2)c2ccc(-c3ccc(-c4cccs4)s3)cc2)cc1. The Kier molecular flexibility index (Phi) is 6.96. The molecule has 5 heteroatoms. The fourth-order valence-corrected chi connectivity index (χ4v) is 8.47. The van der Waals surface area contributed by atoms with E-state index >= 15 is 0 Å². The van der Waals surface area contributed by atoms with E-state index in [0.717, 1.165) is 17.1 Å². The molecule has 0 saturated carbocycles. The summed E-state index contributed by atoms with van der Waals surface area (Å²) < 4.78 is 0. The summed E-state index contributed by atoms with van der Waals surface area (Å²) >= 11 is 7.29. The lowest BCUT2D eigenvalue weighted by molar-refractivity contribution is 1.28. The first-order chi connectivity index (χ1) is 19.7. The molecule has 194 valence electrons. The number of aryl methyl sites for hydroxylation is 1. The monoisotopic (exact) mass is 587 g/mol. The van der Waals surface area contributed by atoms with E-state index in [2.05, 4.69) is 144 Å². The highest BCUT2D eigenvalue weighted by molar-refractivity contribution is 7.23. The van der Waals surface area contributed by atoms with Gasteiger partial charge in [0.25, 0.3) is 0 Å². The van der Waals surface area contributed by atoms with Gasteiger partial charge in [0.1, 0.15) is 0 Å². The largest absolute Gasteiger partial charge is 0.311 e. The van der Waals surface area contributed by atoms with Crippen LogP contribution in [0.3, 0.4) is 0 Å². The first kappa shape index (κ1) is 25.2. The van der Waals surface area contributed by atoms with E-state index in [4.69, 9.17) is 0 Å². The molecule has 0 spiro atoms. The first-order valence-electron chi connectivity index (χ1n) is 13.1. The molecule has 0 aliphatic rings. The van der Waals surface area contributed by atoms with E-state index in [1.807, 2.05) is 22.7 Å². The Labute approximate surface area is 250 Å². The third-order valence-electron chi connectivity index (χ3n) is 6.85. The zero-order valence-electron chi connectivity index (χ0n) is 21.8. The number of benzene rings is 3. The van der Waals surface area contributed by atoms with Gasteiger partial charge in [-0.3, -0.25) is 0 Å². The van der Waals surface area contributed by atoms with Gasteiger partial charge in [0.15, 0.2) is 0 Å².